The number of amides is 1. The summed E-state index contributed by atoms with van der Waals surface area (Å²) < 4.78 is 0. The molecule has 0 bridgehead atoms. The molecule has 2 aliphatic carbocycles. The van der Waals surface area contributed by atoms with Gasteiger partial charge in [0.25, 0.3) is 0 Å². The van der Waals surface area contributed by atoms with E-state index in [0.717, 1.165) is 37.7 Å². The third-order valence-corrected chi connectivity index (χ3v) is 4.23. The van der Waals surface area contributed by atoms with E-state index in [4.69, 9.17) is 0 Å². The van der Waals surface area contributed by atoms with Gasteiger partial charge in [-0.1, -0.05) is 12.1 Å². The normalized spacial score (nSPS) is 22.9. The summed E-state index contributed by atoms with van der Waals surface area (Å²) in [6.45, 7) is 1.86. The number of rotatable bonds is 2. The second-order valence-electron chi connectivity index (χ2n) is 5.68. The Hall–Kier alpha value is -1.51. The number of carbonyl (C=O) groups is 1. The highest BCUT2D eigenvalue weighted by molar-refractivity contribution is 6.00. The lowest BCUT2D eigenvalue weighted by atomic mass is 10.1. The lowest BCUT2D eigenvalue weighted by molar-refractivity contribution is -0.119. The van der Waals surface area contributed by atoms with E-state index in [1.165, 1.54) is 18.5 Å². The molecule has 1 aromatic carbocycles. The summed E-state index contributed by atoms with van der Waals surface area (Å²) in [5.41, 5.74) is 2.40. The van der Waals surface area contributed by atoms with Crippen LogP contribution >= 0.6 is 0 Å². The van der Waals surface area contributed by atoms with Crippen LogP contribution in [0, 0.1) is 5.92 Å². The predicted molar refractivity (Wildman–Crippen MR) is 71.9 cm³/mol. The van der Waals surface area contributed by atoms with Crippen molar-refractivity contribution in [3.63, 3.8) is 0 Å². The number of fused-ring (bicyclic) bond motifs is 1. The Bertz CT molecular complexity index is 491. The van der Waals surface area contributed by atoms with E-state index in [-0.39, 0.29) is 0 Å². The average Bonchev–Trinajstić information content (AvgIpc) is 3.30. The predicted octanol–water partition coefficient (Wildman–Crippen LogP) is 2.41. The Labute approximate surface area is 107 Å². The maximum absolute atomic E-state index is 12.3. The topological polar surface area (TPSA) is 23.6 Å². The van der Waals surface area contributed by atoms with Gasteiger partial charge in [0.05, 0.1) is 11.4 Å². The molecule has 3 nitrogen and oxygen atoms in total. The lowest BCUT2D eigenvalue weighted by Gasteiger charge is -2.38. The molecule has 3 heteroatoms. The third-order valence-electron chi connectivity index (χ3n) is 4.23. The van der Waals surface area contributed by atoms with E-state index in [0.29, 0.717) is 11.8 Å². The molecule has 4 rings (SSSR count). The Morgan fingerprint density at radius 1 is 1.00 bits per heavy atom. The second-order valence-corrected chi connectivity index (χ2v) is 5.68. The first kappa shape index (κ1) is 10.4. The SMILES string of the molecule is O=C(C1CC1)N1CCN(C2CC2)c2ccccc21. The van der Waals surface area contributed by atoms with Gasteiger partial charge < -0.3 is 9.80 Å². The highest BCUT2D eigenvalue weighted by Crippen LogP contribution is 2.42. The molecule has 0 atom stereocenters. The molecule has 1 heterocycles. The van der Waals surface area contributed by atoms with E-state index in [9.17, 15) is 4.79 Å². The van der Waals surface area contributed by atoms with Gasteiger partial charge in [-0.15, -0.1) is 0 Å². The van der Waals surface area contributed by atoms with Crippen molar-refractivity contribution < 1.29 is 4.79 Å². The first-order valence-corrected chi connectivity index (χ1v) is 7.01. The summed E-state index contributed by atoms with van der Waals surface area (Å²) in [6, 6.07) is 9.12. The van der Waals surface area contributed by atoms with E-state index in [1.807, 2.05) is 11.0 Å². The highest BCUT2D eigenvalue weighted by Gasteiger charge is 2.39. The fourth-order valence-corrected chi connectivity index (χ4v) is 2.93. The average molecular weight is 242 g/mol. The fraction of sp³-hybridized carbons (Fsp3) is 0.533. The van der Waals surface area contributed by atoms with E-state index >= 15 is 0 Å². The van der Waals surface area contributed by atoms with Crippen LogP contribution in [0.15, 0.2) is 24.3 Å². The molecule has 1 aliphatic heterocycles. The molecular weight excluding hydrogens is 224 g/mol. The zero-order valence-corrected chi connectivity index (χ0v) is 10.5. The summed E-state index contributed by atoms with van der Waals surface area (Å²) in [5.74, 6) is 0.656. The summed E-state index contributed by atoms with van der Waals surface area (Å²) in [6.07, 6.45) is 4.80. The molecule has 0 spiro atoms. The fourth-order valence-electron chi connectivity index (χ4n) is 2.93. The molecule has 0 N–H and O–H groups in total. The Morgan fingerprint density at radius 3 is 2.39 bits per heavy atom. The van der Waals surface area contributed by atoms with Crippen LogP contribution in [-0.2, 0) is 4.79 Å². The Morgan fingerprint density at radius 2 is 1.72 bits per heavy atom. The van der Waals surface area contributed by atoms with Crippen LogP contribution in [0.2, 0.25) is 0 Å². The van der Waals surface area contributed by atoms with Crippen molar-refractivity contribution in [3.8, 4) is 0 Å². The van der Waals surface area contributed by atoms with Gasteiger partial charge in [-0.05, 0) is 37.8 Å². The van der Waals surface area contributed by atoms with Gasteiger partial charge in [-0.3, -0.25) is 4.79 Å². The minimum atomic E-state index is 0.311. The molecule has 0 radical (unpaired) electrons. The largest absolute Gasteiger partial charge is 0.365 e. The Kier molecular flexibility index (Phi) is 2.16. The zero-order valence-electron chi connectivity index (χ0n) is 10.5. The number of hydrogen-bond acceptors (Lipinski definition) is 2. The summed E-state index contributed by atoms with van der Waals surface area (Å²) in [7, 11) is 0. The monoisotopic (exact) mass is 242 g/mol. The molecule has 2 fully saturated rings. The third kappa shape index (κ3) is 1.61. The lowest BCUT2D eigenvalue weighted by Crippen LogP contribution is -2.45. The standard InChI is InChI=1S/C15H18N2O/c18-15(11-5-6-11)17-10-9-16(12-7-8-12)13-3-1-2-4-14(13)17/h1-4,11-12H,5-10H2. The molecule has 0 unspecified atom stereocenters. The minimum Gasteiger partial charge on any atom is -0.365 e. The molecule has 94 valence electrons. The molecular formula is C15H18N2O. The summed E-state index contributed by atoms with van der Waals surface area (Å²) in [5, 5.41) is 0. The number of carbonyl (C=O) groups excluding carboxylic acids is 1. The van der Waals surface area contributed by atoms with Gasteiger partial charge in [0.15, 0.2) is 0 Å². The van der Waals surface area contributed by atoms with Crippen molar-refractivity contribution >= 4 is 17.3 Å². The van der Waals surface area contributed by atoms with Crippen LogP contribution < -0.4 is 9.80 Å². The van der Waals surface area contributed by atoms with Crippen LogP contribution in [0.5, 0.6) is 0 Å². The van der Waals surface area contributed by atoms with Gasteiger partial charge in [-0.25, -0.2) is 0 Å². The van der Waals surface area contributed by atoms with Gasteiger partial charge in [0, 0.05) is 25.0 Å². The van der Waals surface area contributed by atoms with Crippen LogP contribution in [-0.4, -0.2) is 25.0 Å². The van der Waals surface area contributed by atoms with Crippen LogP contribution in [0.3, 0.4) is 0 Å². The molecule has 0 aromatic heterocycles. The van der Waals surface area contributed by atoms with Crippen LogP contribution in [0.4, 0.5) is 11.4 Å². The van der Waals surface area contributed by atoms with E-state index in [2.05, 4.69) is 23.1 Å². The quantitative estimate of drug-likeness (QED) is 0.795. The smallest absolute Gasteiger partial charge is 0.230 e. The minimum absolute atomic E-state index is 0.311. The van der Waals surface area contributed by atoms with Crippen LogP contribution in [0.1, 0.15) is 25.7 Å². The second kappa shape index (κ2) is 3.74. The zero-order chi connectivity index (χ0) is 12.1. The summed E-state index contributed by atoms with van der Waals surface area (Å²) >= 11 is 0. The first-order chi connectivity index (χ1) is 8.84. The Balaban J connectivity index is 1.70. The van der Waals surface area contributed by atoms with Crippen LogP contribution in [0.25, 0.3) is 0 Å². The van der Waals surface area contributed by atoms with E-state index in [1.54, 1.807) is 0 Å². The highest BCUT2D eigenvalue weighted by atomic mass is 16.2. The number of hydrogen-bond donors (Lipinski definition) is 0. The number of anilines is 2. The van der Waals surface area contributed by atoms with E-state index < -0.39 is 0 Å². The van der Waals surface area contributed by atoms with Crippen molar-refractivity contribution in [1.29, 1.82) is 0 Å². The molecule has 18 heavy (non-hydrogen) atoms. The van der Waals surface area contributed by atoms with Gasteiger partial charge in [-0.2, -0.15) is 0 Å². The van der Waals surface area contributed by atoms with Gasteiger partial charge >= 0.3 is 0 Å². The first-order valence-electron chi connectivity index (χ1n) is 7.01. The van der Waals surface area contributed by atoms with Gasteiger partial charge in [0.1, 0.15) is 0 Å². The number of benzene rings is 1. The van der Waals surface area contributed by atoms with Crippen molar-refractivity contribution in [3.05, 3.63) is 24.3 Å². The van der Waals surface area contributed by atoms with Crippen molar-refractivity contribution in [2.75, 3.05) is 22.9 Å². The van der Waals surface area contributed by atoms with Crippen molar-refractivity contribution in [1.82, 2.24) is 0 Å². The molecule has 0 saturated heterocycles. The molecule has 2 saturated carbocycles. The van der Waals surface area contributed by atoms with Crippen molar-refractivity contribution in [2.45, 2.75) is 31.7 Å². The van der Waals surface area contributed by atoms with Gasteiger partial charge in [0.2, 0.25) is 5.91 Å². The maximum atomic E-state index is 12.3. The number of para-hydroxylation sites is 2. The molecule has 1 aromatic rings. The van der Waals surface area contributed by atoms with Crippen molar-refractivity contribution in [2.24, 2.45) is 5.92 Å². The summed E-state index contributed by atoms with van der Waals surface area (Å²) in [4.78, 5) is 16.8. The molecule has 1 amide bonds. The number of nitrogens with zero attached hydrogens (tertiary/aromatic N) is 2. The maximum Gasteiger partial charge on any atom is 0.230 e. The molecule has 3 aliphatic rings.